The monoisotopic (exact) mass is 406 g/mol. The van der Waals surface area contributed by atoms with E-state index in [2.05, 4.69) is 21.2 Å². The summed E-state index contributed by atoms with van der Waals surface area (Å²) in [6.45, 7) is -0.0608. The van der Waals surface area contributed by atoms with Crippen LogP contribution < -0.4 is 5.32 Å². The number of benzene rings is 2. The van der Waals surface area contributed by atoms with E-state index < -0.39 is 0 Å². The number of para-hydroxylation sites is 1. The first-order valence-electron chi connectivity index (χ1n) is 7.19. The van der Waals surface area contributed by atoms with Crippen LogP contribution in [0.4, 0.5) is 5.69 Å². The summed E-state index contributed by atoms with van der Waals surface area (Å²) in [6.07, 6.45) is 3.14. The fraction of sp³-hybridized carbons (Fsp3) is 0.111. The van der Waals surface area contributed by atoms with Crippen LogP contribution in [0.1, 0.15) is 5.56 Å². The van der Waals surface area contributed by atoms with Gasteiger partial charge in [-0.15, -0.1) is 0 Å². The van der Waals surface area contributed by atoms with Gasteiger partial charge in [0, 0.05) is 17.6 Å². The van der Waals surface area contributed by atoms with Crippen molar-refractivity contribution in [3.8, 4) is 0 Å². The van der Waals surface area contributed by atoms with E-state index in [0.29, 0.717) is 10.7 Å². The standard InChI is InChI=1S/C18H16BrClN2O2/c1-22(12-17(23)21-16-5-3-2-4-15(16)20)18(24)11-8-13-6-9-14(19)10-7-13/h2-11H,12H2,1H3,(H,21,23)/b11-8+. The van der Waals surface area contributed by atoms with E-state index >= 15 is 0 Å². The van der Waals surface area contributed by atoms with Crippen LogP contribution >= 0.6 is 27.5 Å². The fourth-order valence-electron chi connectivity index (χ4n) is 1.91. The Morgan fingerprint density at radius 1 is 1.17 bits per heavy atom. The predicted octanol–water partition coefficient (Wildman–Crippen LogP) is 4.21. The second kappa shape index (κ2) is 8.66. The van der Waals surface area contributed by atoms with Crippen molar-refractivity contribution in [2.45, 2.75) is 0 Å². The Kier molecular flexibility index (Phi) is 6.58. The van der Waals surface area contributed by atoms with Crippen LogP contribution in [-0.2, 0) is 9.59 Å². The summed E-state index contributed by atoms with van der Waals surface area (Å²) in [5.74, 6) is -0.566. The van der Waals surface area contributed by atoms with Gasteiger partial charge in [0.1, 0.15) is 0 Å². The molecule has 0 heterocycles. The first-order valence-corrected chi connectivity index (χ1v) is 8.36. The minimum Gasteiger partial charge on any atom is -0.333 e. The van der Waals surface area contributed by atoms with Gasteiger partial charge in [0.25, 0.3) is 0 Å². The quantitative estimate of drug-likeness (QED) is 0.755. The lowest BCUT2D eigenvalue weighted by molar-refractivity contribution is -0.129. The minimum absolute atomic E-state index is 0.0608. The van der Waals surface area contributed by atoms with Crippen molar-refractivity contribution in [2.75, 3.05) is 18.9 Å². The molecule has 0 aliphatic rings. The topological polar surface area (TPSA) is 49.4 Å². The van der Waals surface area contributed by atoms with Gasteiger partial charge in [-0.2, -0.15) is 0 Å². The molecule has 1 N–H and O–H groups in total. The van der Waals surface area contributed by atoms with Gasteiger partial charge >= 0.3 is 0 Å². The molecule has 4 nitrogen and oxygen atoms in total. The second-order valence-electron chi connectivity index (χ2n) is 5.11. The molecule has 2 amide bonds. The highest BCUT2D eigenvalue weighted by Gasteiger charge is 2.11. The smallest absolute Gasteiger partial charge is 0.246 e. The number of hydrogen-bond acceptors (Lipinski definition) is 2. The van der Waals surface area contributed by atoms with Crippen LogP contribution in [0.5, 0.6) is 0 Å². The number of amides is 2. The average molecular weight is 408 g/mol. The van der Waals surface area contributed by atoms with Crippen molar-refractivity contribution in [3.05, 3.63) is 69.7 Å². The van der Waals surface area contributed by atoms with E-state index in [-0.39, 0.29) is 18.4 Å². The molecular weight excluding hydrogens is 392 g/mol. The number of halogens is 2. The maximum atomic E-state index is 12.1. The summed E-state index contributed by atoms with van der Waals surface area (Å²) >= 11 is 9.34. The molecule has 6 heteroatoms. The largest absolute Gasteiger partial charge is 0.333 e. The number of anilines is 1. The van der Waals surface area contributed by atoms with E-state index in [1.165, 1.54) is 11.0 Å². The second-order valence-corrected chi connectivity index (χ2v) is 6.43. The van der Waals surface area contributed by atoms with Crippen LogP contribution in [0, 0.1) is 0 Å². The number of carbonyl (C=O) groups is 2. The van der Waals surface area contributed by atoms with E-state index in [9.17, 15) is 9.59 Å². The van der Waals surface area contributed by atoms with Crippen LogP contribution in [-0.4, -0.2) is 30.3 Å². The van der Waals surface area contributed by atoms with Gasteiger partial charge in [-0.25, -0.2) is 0 Å². The highest BCUT2D eigenvalue weighted by Crippen LogP contribution is 2.20. The number of rotatable bonds is 5. The van der Waals surface area contributed by atoms with Gasteiger partial charge in [-0.1, -0.05) is 51.8 Å². The zero-order chi connectivity index (χ0) is 17.5. The number of likely N-dealkylation sites (N-methyl/N-ethyl adjacent to an activating group) is 1. The molecular formula is C18H16BrClN2O2. The minimum atomic E-state index is -0.309. The molecule has 2 rings (SSSR count). The summed E-state index contributed by atoms with van der Waals surface area (Å²) in [5.41, 5.74) is 1.43. The molecule has 2 aromatic carbocycles. The Labute approximate surface area is 154 Å². The van der Waals surface area contributed by atoms with Gasteiger partial charge in [-0.3, -0.25) is 9.59 Å². The van der Waals surface area contributed by atoms with Crippen LogP contribution in [0.2, 0.25) is 5.02 Å². The molecule has 0 aromatic heterocycles. The summed E-state index contributed by atoms with van der Waals surface area (Å²) in [5, 5.41) is 3.14. The first-order chi connectivity index (χ1) is 11.5. The van der Waals surface area contributed by atoms with Gasteiger partial charge in [0.15, 0.2) is 0 Å². The first kappa shape index (κ1) is 18.2. The molecule has 0 saturated heterocycles. The van der Waals surface area contributed by atoms with Gasteiger partial charge < -0.3 is 10.2 Å². The Balaban J connectivity index is 1.90. The van der Waals surface area contributed by atoms with E-state index in [0.717, 1.165) is 10.0 Å². The van der Waals surface area contributed by atoms with E-state index in [4.69, 9.17) is 11.6 Å². The van der Waals surface area contributed by atoms with Gasteiger partial charge in [0.2, 0.25) is 11.8 Å². The zero-order valence-corrected chi connectivity index (χ0v) is 15.3. The lowest BCUT2D eigenvalue weighted by atomic mass is 10.2. The van der Waals surface area contributed by atoms with Crippen molar-refractivity contribution in [1.29, 1.82) is 0 Å². The zero-order valence-electron chi connectivity index (χ0n) is 13.0. The summed E-state index contributed by atoms with van der Waals surface area (Å²) in [6, 6.07) is 14.5. The third kappa shape index (κ3) is 5.51. The Hall–Kier alpha value is -2.11. The molecule has 0 fully saturated rings. The Bertz CT molecular complexity index is 760. The number of nitrogens with zero attached hydrogens (tertiary/aromatic N) is 1. The number of carbonyl (C=O) groups excluding carboxylic acids is 2. The highest BCUT2D eigenvalue weighted by atomic mass is 79.9. The Morgan fingerprint density at radius 3 is 2.50 bits per heavy atom. The summed E-state index contributed by atoms with van der Waals surface area (Å²) in [7, 11) is 1.57. The molecule has 124 valence electrons. The van der Waals surface area contributed by atoms with Crippen LogP contribution in [0.15, 0.2) is 59.1 Å². The van der Waals surface area contributed by atoms with E-state index in [1.54, 1.807) is 37.4 Å². The molecule has 0 aliphatic carbocycles. The van der Waals surface area contributed by atoms with Crippen molar-refractivity contribution in [3.63, 3.8) is 0 Å². The number of nitrogens with one attached hydrogen (secondary N) is 1. The summed E-state index contributed by atoms with van der Waals surface area (Å²) < 4.78 is 0.972. The molecule has 0 atom stereocenters. The molecule has 0 unspecified atom stereocenters. The molecule has 0 spiro atoms. The number of hydrogen-bond donors (Lipinski definition) is 1. The lowest BCUT2D eigenvalue weighted by Gasteiger charge is -2.15. The predicted molar refractivity (Wildman–Crippen MR) is 101 cm³/mol. The lowest BCUT2D eigenvalue weighted by Crippen LogP contribution is -2.33. The van der Waals surface area contributed by atoms with Crippen molar-refractivity contribution in [1.82, 2.24) is 4.90 Å². The van der Waals surface area contributed by atoms with Crippen molar-refractivity contribution < 1.29 is 9.59 Å². The molecule has 0 aliphatic heterocycles. The third-order valence-electron chi connectivity index (χ3n) is 3.19. The van der Waals surface area contributed by atoms with Crippen molar-refractivity contribution >= 4 is 51.1 Å². The molecule has 0 bridgehead atoms. The van der Waals surface area contributed by atoms with Crippen molar-refractivity contribution in [2.24, 2.45) is 0 Å². The molecule has 24 heavy (non-hydrogen) atoms. The summed E-state index contributed by atoms with van der Waals surface area (Å²) in [4.78, 5) is 25.4. The van der Waals surface area contributed by atoms with Crippen LogP contribution in [0.3, 0.4) is 0 Å². The normalized spacial score (nSPS) is 10.6. The average Bonchev–Trinajstić information content (AvgIpc) is 2.56. The van der Waals surface area contributed by atoms with Gasteiger partial charge in [-0.05, 0) is 35.9 Å². The molecule has 0 radical (unpaired) electrons. The maximum Gasteiger partial charge on any atom is 0.246 e. The third-order valence-corrected chi connectivity index (χ3v) is 4.05. The molecule has 0 saturated carbocycles. The van der Waals surface area contributed by atoms with Crippen LogP contribution in [0.25, 0.3) is 6.08 Å². The SMILES string of the molecule is CN(CC(=O)Nc1ccccc1Cl)C(=O)/C=C/c1ccc(Br)cc1. The Morgan fingerprint density at radius 2 is 1.83 bits per heavy atom. The molecule has 2 aromatic rings. The van der Waals surface area contributed by atoms with Gasteiger partial charge in [0.05, 0.1) is 17.3 Å². The highest BCUT2D eigenvalue weighted by molar-refractivity contribution is 9.10. The fourth-order valence-corrected chi connectivity index (χ4v) is 2.36. The van der Waals surface area contributed by atoms with E-state index in [1.807, 2.05) is 24.3 Å². The maximum absolute atomic E-state index is 12.1.